The van der Waals surface area contributed by atoms with Crippen LogP contribution in [0, 0.1) is 0 Å². The van der Waals surface area contributed by atoms with Crippen molar-refractivity contribution in [2.75, 3.05) is 28.6 Å². The lowest BCUT2D eigenvalue weighted by atomic mass is 9.67. The Morgan fingerprint density at radius 1 is 0.514 bits per heavy atom. The first-order chi connectivity index (χ1) is 35.2. The molecule has 0 amide bonds. The highest BCUT2D eigenvalue weighted by Crippen LogP contribution is 2.62. The van der Waals surface area contributed by atoms with Crippen LogP contribution in [-0.4, -0.2) is 31.8 Å². The van der Waals surface area contributed by atoms with Crippen LogP contribution in [0.15, 0.2) is 210 Å². The number of fused-ring (bicyclic) bond motifs is 7. The second-order valence-electron chi connectivity index (χ2n) is 24.1. The summed E-state index contributed by atoms with van der Waals surface area (Å²) in [6, 6.07) is 71.0. The third kappa shape index (κ3) is 8.46. The minimum absolute atomic E-state index is 0.00647. The molecule has 0 aliphatic heterocycles. The van der Waals surface area contributed by atoms with Crippen molar-refractivity contribution >= 4 is 79.4 Å². The maximum Gasteiger partial charge on any atom is 0.145 e. The van der Waals surface area contributed by atoms with E-state index in [1.165, 1.54) is 43.5 Å². The topological polar surface area (TPSA) is 32.5 Å². The summed E-state index contributed by atoms with van der Waals surface area (Å²) in [6.45, 7) is 20.9. The number of hydrogen-bond donors (Lipinski definition) is 0. The fraction of sp³-hybridized carbons (Fsp3) is 0.221. The van der Waals surface area contributed by atoms with E-state index in [-0.39, 0.29) is 10.8 Å². The van der Waals surface area contributed by atoms with Gasteiger partial charge in [-0.3, -0.25) is 4.98 Å². The molecule has 6 heteroatoms. The molecule has 1 aliphatic carbocycles. The van der Waals surface area contributed by atoms with E-state index in [2.05, 4.69) is 272 Å². The van der Waals surface area contributed by atoms with E-state index in [4.69, 9.17) is 9.40 Å². The van der Waals surface area contributed by atoms with Crippen LogP contribution in [0.3, 0.4) is 0 Å². The first-order valence-electron chi connectivity index (χ1n) is 26.0. The quantitative estimate of drug-likeness (QED) is 0.128. The number of nitrogens with zero attached hydrogens (tertiary/aromatic N) is 3. The summed E-state index contributed by atoms with van der Waals surface area (Å²) in [4.78, 5) is 11.1. The van der Waals surface area contributed by atoms with Crippen LogP contribution in [-0.2, 0) is 16.2 Å². The van der Waals surface area contributed by atoms with Crippen LogP contribution >= 0.6 is 10.0 Å². The van der Waals surface area contributed by atoms with Crippen LogP contribution < -0.4 is 15.0 Å². The molecule has 0 bridgehead atoms. The molecular formula is C68H69N3OSSi. The lowest BCUT2D eigenvalue weighted by Crippen LogP contribution is -2.37. The Labute approximate surface area is 442 Å². The molecule has 10 aromatic rings. The number of aromatic nitrogens is 1. The minimum atomic E-state index is -1.61. The Hall–Kier alpha value is -7.12. The maximum atomic E-state index is 7.33. The van der Waals surface area contributed by atoms with E-state index >= 15 is 0 Å². The summed E-state index contributed by atoms with van der Waals surface area (Å²) >= 11 is 0. The van der Waals surface area contributed by atoms with E-state index in [9.17, 15) is 0 Å². The average molecular weight is 1000 g/mol. The normalized spacial score (nSPS) is 13.7. The molecule has 372 valence electrons. The highest BCUT2D eigenvalue weighted by atomic mass is 32.3. The standard InChI is InChI=1S/C68H69N3OSSi/c1-66(2,3)46-23-27-50(28-24-46)70(51-31-36-55(37-32-51)73(7,8)9)54-35-40-57-59(43-54)68(48-19-15-13-16-20-48,49-21-17-14-18-22-49)60-44-61(64-58-45-69-42-41-62(58)72-65(64)63(57)60)71(52-29-25-47(26-30-52)67(4,5)6)53-33-38-56(39-34-53)74(10,11)12/h13-45H,1-12H3. The molecule has 0 N–H and O–H groups in total. The molecule has 8 aromatic carbocycles. The van der Waals surface area contributed by atoms with Gasteiger partial charge in [0.05, 0.1) is 24.6 Å². The number of hydrogen-bond acceptors (Lipinski definition) is 4. The zero-order valence-corrected chi connectivity index (χ0v) is 47.0. The third-order valence-corrected chi connectivity index (χ3v) is 19.0. The van der Waals surface area contributed by atoms with Crippen molar-refractivity contribution < 1.29 is 4.42 Å². The SMILES string of the molecule is CC(C)(C)c1ccc(N(c2ccc(S(C)(C)C)cc2)c2ccc3c(c2)C(c2ccccc2)(c2ccccc2)c2cc(N(c4ccc(C(C)(C)C)cc4)c4ccc([Si](C)(C)C)cc4)c4c(oc5ccncc54)c2-3)cc1. The molecule has 1 aliphatic rings. The summed E-state index contributed by atoms with van der Waals surface area (Å²) < 4.78 is 7.33. The number of anilines is 6. The highest BCUT2D eigenvalue weighted by Gasteiger charge is 2.49. The lowest BCUT2D eigenvalue weighted by molar-refractivity contribution is 0.590. The van der Waals surface area contributed by atoms with Gasteiger partial charge >= 0.3 is 0 Å². The molecule has 0 spiro atoms. The molecule has 0 radical (unpaired) electrons. The molecule has 0 unspecified atom stereocenters. The molecule has 0 saturated heterocycles. The maximum absolute atomic E-state index is 7.33. The highest BCUT2D eigenvalue weighted by molar-refractivity contribution is 8.32. The van der Waals surface area contributed by atoms with Gasteiger partial charge < -0.3 is 14.2 Å². The fourth-order valence-electron chi connectivity index (χ4n) is 11.2. The number of benzene rings is 8. The Kier molecular flexibility index (Phi) is 12.0. The molecule has 0 atom stereocenters. The van der Waals surface area contributed by atoms with Crippen molar-refractivity contribution in [2.24, 2.45) is 0 Å². The summed E-state index contributed by atoms with van der Waals surface area (Å²) in [6.07, 6.45) is 10.9. The molecule has 74 heavy (non-hydrogen) atoms. The van der Waals surface area contributed by atoms with Crippen LogP contribution in [0.25, 0.3) is 33.1 Å². The predicted octanol–water partition coefficient (Wildman–Crippen LogP) is 18.5. The third-order valence-electron chi connectivity index (χ3n) is 15.3. The van der Waals surface area contributed by atoms with E-state index in [0.717, 1.165) is 67.2 Å². The van der Waals surface area contributed by atoms with Gasteiger partial charge in [0.1, 0.15) is 11.2 Å². The van der Waals surface area contributed by atoms with Gasteiger partial charge in [0.2, 0.25) is 0 Å². The molecule has 2 heterocycles. The van der Waals surface area contributed by atoms with Gasteiger partial charge in [0.15, 0.2) is 0 Å². The van der Waals surface area contributed by atoms with Crippen molar-refractivity contribution in [1.82, 2.24) is 4.98 Å². The van der Waals surface area contributed by atoms with Crippen LogP contribution in [0.2, 0.25) is 19.6 Å². The van der Waals surface area contributed by atoms with Crippen molar-refractivity contribution in [2.45, 2.75) is 82.3 Å². The van der Waals surface area contributed by atoms with E-state index in [0.29, 0.717) is 0 Å². The van der Waals surface area contributed by atoms with Gasteiger partial charge in [0, 0.05) is 51.8 Å². The Bertz CT molecular complexity index is 3510. The van der Waals surface area contributed by atoms with Crippen molar-refractivity contribution in [1.29, 1.82) is 0 Å². The van der Waals surface area contributed by atoms with Crippen molar-refractivity contribution in [3.8, 4) is 11.1 Å². The molecule has 4 nitrogen and oxygen atoms in total. The molecule has 0 fully saturated rings. The second-order valence-corrected chi connectivity index (χ2v) is 33.3. The van der Waals surface area contributed by atoms with Crippen molar-refractivity contribution in [3.63, 3.8) is 0 Å². The molecular weight excluding hydrogens is 935 g/mol. The first kappa shape index (κ1) is 49.1. The number of furan rings is 1. The summed E-state index contributed by atoms with van der Waals surface area (Å²) in [5.41, 5.74) is 17.0. The van der Waals surface area contributed by atoms with E-state index < -0.39 is 23.5 Å². The Morgan fingerprint density at radius 3 is 1.50 bits per heavy atom. The van der Waals surface area contributed by atoms with Crippen LogP contribution in [0.1, 0.15) is 74.9 Å². The summed E-state index contributed by atoms with van der Waals surface area (Å²) in [7, 11) is -2.55. The largest absolute Gasteiger partial charge is 0.455 e. The van der Waals surface area contributed by atoms with Gasteiger partial charge in [-0.05, 0) is 158 Å². The monoisotopic (exact) mass is 1000 g/mol. The number of pyridine rings is 1. The van der Waals surface area contributed by atoms with Crippen LogP contribution in [0.5, 0.6) is 0 Å². The van der Waals surface area contributed by atoms with Gasteiger partial charge in [-0.15, -0.1) is 0 Å². The second kappa shape index (κ2) is 18.1. The smallest absolute Gasteiger partial charge is 0.145 e. The molecule has 11 rings (SSSR count). The van der Waals surface area contributed by atoms with Crippen LogP contribution in [0.4, 0.5) is 34.1 Å². The summed E-state index contributed by atoms with van der Waals surface area (Å²) in [5, 5.41) is 3.44. The first-order valence-corrected chi connectivity index (χ1v) is 32.4. The Balaban J connectivity index is 1.25. The van der Waals surface area contributed by atoms with Gasteiger partial charge in [0.25, 0.3) is 0 Å². The zero-order chi connectivity index (χ0) is 52.0. The lowest BCUT2D eigenvalue weighted by Gasteiger charge is -2.36. The zero-order valence-electron chi connectivity index (χ0n) is 45.2. The van der Waals surface area contributed by atoms with Gasteiger partial charge in [-0.2, -0.15) is 0 Å². The van der Waals surface area contributed by atoms with E-state index in [1.54, 1.807) is 0 Å². The van der Waals surface area contributed by atoms with Crippen molar-refractivity contribution in [3.05, 3.63) is 234 Å². The fourth-order valence-corrected chi connectivity index (χ4v) is 13.4. The average Bonchev–Trinajstić information content (AvgIpc) is 3.96. The molecule has 0 saturated carbocycles. The summed E-state index contributed by atoms with van der Waals surface area (Å²) in [5.74, 6) is 0. The van der Waals surface area contributed by atoms with E-state index in [1.807, 2.05) is 18.5 Å². The van der Waals surface area contributed by atoms with Gasteiger partial charge in [-0.1, -0.05) is 169 Å². The predicted molar refractivity (Wildman–Crippen MR) is 322 cm³/mol. The van der Waals surface area contributed by atoms with Gasteiger partial charge in [-0.25, -0.2) is 10.0 Å². The minimum Gasteiger partial charge on any atom is -0.455 e. The number of rotatable bonds is 10. The molecule has 2 aromatic heterocycles. The Morgan fingerprint density at radius 2 is 1.00 bits per heavy atom.